The van der Waals surface area contributed by atoms with Gasteiger partial charge in [0.2, 0.25) is 5.60 Å². The van der Waals surface area contributed by atoms with Crippen LogP contribution in [-0.2, 0) is 19.1 Å². The van der Waals surface area contributed by atoms with Crippen LogP contribution in [0.3, 0.4) is 0 Å². The van der Waals surface area contributed by atoms with Crippen LogP contribution >= 0.6 is 23.2 Å². The van der Waals surface area contributed by atoms with Crippen LogP contribution in [0.5, 0.6) is 0 Å². The SMILES string of the molecule is CCC(=O)O[C@]1(C(=O)O)[C@H](C)C[C@H]2[C@@H]3C[C@H](F)C4=CC(=O)C=C[C@]4(C)[C@@]3(Cl)[C@@H](Cl)C[C@@]21C. The average Bonchev–Trinajstić information content (AvgIpc) is 2.93. The predicted octanol–water partition coefficient (Wildman–Crippen LogP) is 4.84. The van der Waals surface area contributed by atoms with Crippen LogP contribution in [-0.4, -0.2) is 44.9 Å². The molecular weight excluding hydrogens is 458 g/mol. The van der Waals surface area contributed by atoms with Gasteiger partial charge in [0.05, 0.1) is 10.3 Å². The van der Waals surface area contributed by atoms with Crippen molar-refractivity contribution < 1.29 is 28.6 Å². The molecule has 0 aromatic carbocycles. The molecule has 0 radical (unpaired) electrons. The van der Waals surface area contributed by atoms with E-state index in [1.165, 1.54) is 12.2 Å². The number of halogens is 3. The Morgan fingerprint density at radius 3 is 2.53 bits per heavy atom. The van der Waals surface area contributed by atoms with Gasteiger partial charge in [0.15, 0.2) is 5.78 Å². The van der Waals surface area contributed by atoms with Gasteiger partial charge in [-0.2, -0.15) is 0 Å². The summed E-state index contributed by atoms with van der Waals surface area (Å²) in [6.07, 6.45) is 3.69. The molecule has 3 saturated carbocycles. The Balaban J connectivity index is 1.87. The predicted molar refractivity (Wildman–Crippen MR) is 118 cm³/mol. The van der Waals surface area contributed by atoms with Crippen LogP contribution < -0.4 is 0 Å². The second-order valence-corrected chi connectivity index (χ2v) is 11.5. The summed E-state index contributed by atoms with van der Waals surface area (Å²) in [6.45, 7) is 6.99. The third kappa shape index (κ3) is 2.65. The summed E-state index contributed by atoms with van der Waals surface area (Å²) in [6, 6.07) is 0. The molecule has 0 aliphatic heterocycles. The first-order valence-electron chi connectivity index (χ1n) is 11.2. The molecule has 3 fully saturated rings. The molecule has 4 aliphatic rings. The number of carbonyl (C=O) groups is 3. The van der Waals surface area contributed by atoms with Crippen LogP contribution in [0.4, 0.5) is 4.39 Å². The minimum atomic E-state index is -1.77. The van der Waals surface area contributed by atoms with E-state index in [9.17, 15) is 19.5 Å². The van der Waals surface area contributed by atoms with Gasteiger partial charge in [-0.3, -0.25) is 9.59 Å². The fraction of sp³-hybridized carbons (Fsp3) is 0.708. The first kappa shape index (κ1) is 23.7. The van der Waals surface area contributed by atoms with Gasteiger partial charge in [-0.15, -0.1) is 23.2 Å². The highest BCUT2D eigenvalue weighted by molar-refractivity contribution is 6.34. The molecule has 4 aliphatic carbocycles. The van der Waals surface area contributed by atoms with Crippen molar-refractivity contribution in [2.75, 3.05) is 0 Å². The lowest BCUT2D eigenvalue weighted by molar-refractivity contribution is -0.206. The highest BCUT2D eigenvalue weighted by atomic mass is 35.5. The fourth-order valence-electron chi connectivity index (χ4n) is 7.43. The molecule has 0 aromatic heterocycles. The molecule has 0 amide bonds. The number of carboxylic acids is 1. The lowest BCUT2D eigenvalue weighted by Crippen LogP contribution is -2.69. The normalized spacial score (nSPS) is 49.5. The number of allylic oxidation sites excluding steroid dienone is 4. The molecule has 5 nitrogen and oxygen atoms in total. The van der Waals surface area contributed by atoms with Crippen LogP contribution in [0.1, 0.15) is 53.4 Å². The van der Waals surface area contributed by atoms with Crippen molar-refractivity contribution >= 4 is 40.9 Å². The number of carbonyl (C=O) groups excluding carboxylic acids is 2. The number of rotatable bonds is 3. The van der Waals surface area contributed by atoms with E-state index in [2.05, 4.69) is 0 Å². The minimum Gasteiger partial charge on any atom is -0.478 e. The number of hydrogen-bond acceptors (Lipinski definition) is 4. The van der Waals surface area contributed by atoms with E-state index in [0.29, 0.717) is 12.0 Å². The van der Waals surface area contributed by atoms with Gasteiger partial charge in [-0.1, -0.05) is 33.8 Å². The van der Waals surface area contributed by atoms with Crippen molar-refractivity contribution in [1.82, 2.24) is 0 Å². The summed E-state index contributed by atoms with van der Waals surface area (Å²) >= 11 is 14.4. The molecule has 8 heteroatoms. The summed E-state index contributed by atoms with van der Waals surface area (Å²) in [7, 11) is 0. The maximum Gasteiger partial charge on any atom is 0.349 e. The fourth-order valence-corrected chi connectivity index (χ4v) is 8.63. The number of ketones is 1. The second kappa shape index (κ2) is 7.30. The Morgan fingerprint density at radius 1 is 1.28 bits per heavy atom. The Bertz CT molecular complexity index is 949. The van der Waals surface area contributed by atoms with E-state index in [4.69, 9.17) is 27.9 Å². The van der Waals surface area contributed by atoms with Gasteiger partial charge in [0.25, 0.3) is 0 Å². The van der Waals surface area contributed by atoms with Gasteiger partial charge in [0.1, 0.15) is 6.17 Å². The third-order valence-electron chi connectivity index (χ3n) is 9.01. The first-order chi connectivity index (χ1) is 14.8. The standard InChI is InChI=1S/C24H29Cl2FO5/c1-5-19(29)32-24(20(30)31)12(2)8-14-15-10-17(27)16-9-13(28)6-7-21(16,3)23(15,26)18(25)11-22(14,24)4/h6-7,9,12,14-15,17-18H,5,8,10-11H2,1-4H3,(H,30,31)/t12-,14+,15+,17+,18+,21+,22+,23+,24+/m1/s1. The van der Waals surface area contributed by atoms with E-state index < -0.39 is 56.6 Å². The zero-order valence-electron chi connectivity index (χ0n) is 18.7. The average molecular weight is 487 g/mol. The van der Waals surface area contributed by atoms with E-state index in [-0.39, 0.29) is 31.0 Å². The summed E-state index contributed by atoms with van der Waals surface area (Å²) < 4.78 is 21.3. The van der Waals surface area contributed by atoms with Gasteiger partial charge < -0.3 is 9.84 Å². The van der Waals surface area contributed by atoms with Crippen LogP contribution in [0.25, 0.3) is 0 Å². The lowest BCUT2D eigenvalue weighted by Gasteiger charge is -2.64. The molecule has 0 heterocycles. The van der Waals surface area contributed by atoms with Crippen molar-refractivity contribution in [2.45, 2.75) is 75.4 Å². The molecule has 9 atom stereocenters. The number of hydrogen-bond donors (Lipinski definition) is 1. The van der Waals surface area contributed by atoms with Gasteiger partial charge in [0, 0.05) is 23.2 Å². The highest BCUT2D eigenvalue weighted by Gasteiger charge is 2.77. The summed E-state index contributed by atoms with van der Waals surface area (Å²) in [5.41, 5.74) is -3.45. The van der Waals surface area contributed by atoms with Gasteiger partial charge in [-0.05, 0) is 48.8 Å². The summed E-state index contributed by atoms with van der Waals surface area (Å²) in [4.78, 5) is 35.9. The number of ether oxygens (including phenoxy) is 1. The molecule has 176 valence electrons. The van der Waals surface area contributed by atoms with Crippen LogP contribution in [0.2, 0.25) is 0 Å². The Hall–Kier alpha value is -1.40. The molecule has 4 rings (SSSR count). The number of fused-ring (bicyclic) bond motifs is 5. The highest BCUT2D eigenvalue weighted by Crippen LogP contribution is 2.73. The maximum absolute atomic E-state index is 15.5. The molecular formula is C24H29Cl2FO5. The van der Waals surface area contributed by atoms with Crippen LogP contribution in [0, 0.1) is 28.6 Å². The van der Waals surface area contributed by atoms with E-state index in [1.54, 1.807) is 26.8 Å². The van der Waals surface area contributed by atoms with E-state index >= 15 is 4.39 Å². The Labute approximate surface area is 197 Å². The van der Waals surface area contributed by atoms with Crippen LogP contribution in [0.15, 0.2) is 23.8 Å². The topological polar surface area (TPSA) is 80.7 Å². The zero-order chi connectivity index (χ0) is 23.9. The van der Waals surface area contributed by atoms with E-state index in [1.807, 2.05) is 6.92 Å². The smallest absolute Gasteiger partial charge is 0.349 e. The quantitative estimate of drug-likeness (QED) is 0.455. The van der Waals surface area contributed by atoms with Crippen molar-refractivity contribution in [3.05, 3.63) is 23.8 Å². The number of aliphatic carboxylic acids is 1. The van der Waals surface area contributed by atoms with Crippen molar-refractivity contribution in [3.63, 3.8) is 0 Å². The molecule has 32 heavy (non-hydrogen) atoms. The molecule has 0 bridgehead atoms. The molecule has 0 aromatic rings. The zero-order valence-corrected chi connectivity index (χ0v) is 20.2. The first-order valence-corrected chi connectivity index (χ1v) is 12.0. The summed E-state index contributed by atoms with van der Waals surface area (Å²) in [5, 5.41) is 9.63. The van der Waals surface area contributed by atoms with Gasteiger partial charge in [-0.25, -0.2) is 9.18 Å². The lowest BCUT2D eigenvalue weighted by atomic mass is 9.46. The van der Waals surface area contributed by atoms with Crippen molar-refractivity contribution in [2.24, 2.45) is 28.6 Å². The van der Waals surface area contributed by atoms with Crippen molar-refractivity contribution in [1.29, 1.82) is 0 Å². The second-order valence-electron chi connectivity index (χ2n) is 10.3. The largest absolute Gasteiger partial charge is 0.478 e. The Kier molecular flexibility index (Phi) is 5.42. The molecule has 0 saturated heterocycles. The Morgan fingerprint density at radius 2 is 1.94 bits per heavy atom. The monoisotopic (exact) mass is 486 g/mol. The number of esters is 1. The third-order valence-corrected chi connectivity index (χ3v) is 10.6. The molecule has 0 unspecified atom stereocenters. The molecule has 0 spiro atoms. The summed E-state index contributed by atoms with van der Waals surface area (Å²) in [5.74, 6) is -3.37. The number of carboxylic acid groups (broad SMARTS) is 1. The van der Waals surface area contributed by atoms with Crippen molar-refractivity contribution in [3.8, 4) is 0 Å². The maximum atomic E-state index is 15.5. The van der Waals surface area contributed by atoms with E-state index in [0.717, 1.165) is 0 Å². The molecule has 1 N–H and O–H groups in total. The number of alkyl halides is 3. The van der Waals surface area contributed by atoms with Gasteiger partial charge >= 0.3 is 11.9 Å². The minimum absolute atomic E-state index is 0.0413.